The van der Waals surface area contributed by atoms with Crippen LogP contribution in [-0.2, 0) is 9.59 Å². The lowest BCUT2D eigenvalue weighted by Gasteiger charge is -2.12. The topological polar surface area (TPSA) is 70.8 Å². The number of carboxylic acids is 1. The Morgan fingerprint density at radius 1 is 1.55 bits per heavy atom. The summed E-state index contributed by atoms with van der Waals surface area (Å²) < 4.78 is 6.58. The van der Waals surface area contributed by atoms with Crippen LogP contribution >= 0.6 is 46.6 Å². The largest absolute Gasteiger partial charge is 0.481 e. The predicted molar refractivity (Wildman–Crippen MR) is 88.2 cm³/mol. The molecular weight excluding hydrogens is 413 g/mol. The standard InChI is InChI=1S/C12H10INO4S2/c13-9-4-3-7(18-9)6-8-11(17)14(12(19)20-8)5-1-2-10(15)16/h3-4,6H,1-2,5H2,(H,15,16). The van der Waals surface area contributed by atoms with Gasteiger partial charge in [-0.3, -0.25) is 14.5 Å². The molecule has 1 N–H and O–H groups in total. The van der Waals surface area contributed by atoms with Crippen LogP contribution in [0.2, 0.25) is 0 Å². The smallest absolute Gasteiger partial charge is 0.303 e. The lowest BCUT2D eigenvalue weighted by Crippen LogP contribution is -2.29. The fraction of sp³-hybridized carbons (Fsp3) is 0.250. The molecule has 1 aliphatic rings. The SMILES string of the molecule is O=C(O)CCCN1C(=O)C(=Cc2ccc(I)o2)SC1=S. The zero-order valence-corrected chi connectivity index (χ0v) is 14.0. The highest BCUT2D eigenvalue weighted by Crippen LogP contribution is 2.33. The van der Waals surface area contributed by atoms with Crippen LogP contribution < -0.4 is 0 Å². The Balaban J connectivity index is 2.04. The van der Waals surface area contributed by atoms with E-state index in [0.717, 1.165) is 3.77 Å². The molecular formula is C12H10INO4S2. The Hall–Kier alpha value is -0.870. The van der Waals surface area contributed by atoms with E-state index in [1.165, 1.54) is 16.7 Å². The number of furan rings is 1. The molecule has 0 saturated carbocycles. The van der Waals surface area contributed by atoms with E-state index in [1.807, 2.05) is 22.6 Å². The van der Waals surface area contributed by atoms with Crippen LogP contribution in [0.1, 0.15) is 18.6 Å². The minimum atomic E-state index is -0.879. The number of carboxylic acid groups (broad SMARTS) is 1. The van der Waals surface area contributed by atoms with Crippen molar-refractivity contribution in [2.24, 2.45) is 0 Å². The molecule has 1 amide bonds. The number of amides is 1. The van der Waals surface area contributed by atoms with Gasteiger partial charge < -0.3 is 9.52 Å². The third kappa shape index (κ3) is 3.83. The molecule has 1 aliphatic heterocycles. The Kier molecular flexibility index (Phi) is 5.22. The number of nitrogens with zero attached hydrogens (tertiary/aromatic N) is 1. The summed E-state index contributed by atoms with van der Waals surface area (Å²) in [6.07, 6.45) is 2.05. The normalized spacial score (nSPS) is 17.2. The molecule has 8 heteroatoms. The molecule has 0 atom stereocenters. The molecule has 1 saturated heterocycles. The summed E-state index contributed by atoms with van der Waals surface area (Å²) in [4.78, 5) is 24.6. The van der Waals surface area contributed by atoms with Crippen molar-refractivity contribution < 1.29 is 19.1 Å². The lowest BCUT2D eigenvalue weighted by atomic mass is 10.3. The van der Waals surface area contributed by atoms with Crippen molar-refractivity contribution in [3.63, 3.8) is 0 Å². The van der Waals surface area contributed by atoms with Crippen LogP contribution in [0.4, 0.5) is 0 Å². The summed E-state index contributed by atoms with van der Waals surface area (Å²) >= 11 is 8.39. The Morgan fingerprint density at radius 2 is 2.30 bits per heavy atom. The summed E-state index contributed by atoms with van der Waals surface area (Å²) in [7, 11) is 0. The van der Waals surface area contributed by atoms with Crippen LogP contribution in [0.15, 0.2) is 21.5 Å². The van der Waals surface area contributed by atoms with Gasteiger partial charge in [-0.25, -0.2) is 0 Å². The van der Waals surface area contributed by atoms with E-state index in [-0.39, 0.29) is 12.3 Å². The molecule has 0 aliphatic carbocycles. The maximum Gasteiger partial charge on any atom is 0.303 e. The summed E-state index contributed by atoms with van der Waals surface area (Å²) in [5.74, 6) is -0.478. The first-order valence-electron chi connectivity index (χ1n) is 5.70. The van der Waals surface area contributed by atoms with Crippen LogP contribution in [0.3, 0.4) is 0 Å². The van der Waals surface area contributed by atoms with E-state index in [2.05, 4.69) is 0 Å². The minimum Gasteiger partial charge on any atom is -0.481 e. The fourth-order valence-corrected chi connectivity index (χ4v) is 3.34. The number of carbonyl (C=O) groups is 2. The van der Waals surface area contributed by atoms with Crippen molar-refractivity contribution in [3.05, 3.63) is 26.6 Å². The molecule has 2 rings (SSSR count). The highest BCUT2D eigenvalue weighted by molar-refractivity contribution is 14.1. The molecule has 0 radical (unpaired) electrons. The van der Waals surface area contributed by atoms with Gasteiger partial charge in [0.25, 0.3) is 5.91 Å². The molecule has 2 heterocycles. The van der Waals surface area contributed by atoms with E-state index in [1.54, 1.807) is 18.2 Å². The number of hydrogen-bond donors (Lipinski definition) is 1. The second-order valence-corrected chi connectivity index (χ2v) is 6.71. The first kappa shape index (κ1) is 15.5. The number of halogens is 1. The average Bonchev–Trinajstić information content (AvgIpc) is 2.88. The number of aliphatic carboxylic acids is 1. The number of thiocarbonyl (C=S) groups is 1. The molecule has 0 spiro atoms. The van der Waals surface area contributed by atoms with Gasteiger partial charge in [0.15, 0.2) is 3.77 Å². The second kappa shape index (κ2) is 6.72. The van der Waals surface area contributed by atoms with Crippen molar-refractivity contribution in [1.82, 2.24) is 4.90 Å². The van der Waals surface area contributed by atoms with Gasteiger partial charge in [-0.2, -0.15) is 0 Å². The number of carbonyl (C=O) groups excluding carboxylic acids is 1. The first-order chi connectivity index (χ1) is 9.47. The van der Waals surface area contributed by atoms with E-state index >= 15 is 0 Å². The van der Waals surface area contributed by atoms with Crippen molar-refractivity contribution >= 4 is 68.8 Å². The molecule has 106 valence electrons. The quantitative estimate of drug-likeness (QED) is 0.446. The van der Waals surface area contributed by atoms with E-state index < -0.39 is 5.97 Å². The first-order valence-corrected chi connectivity index (χ1v) is 8.00. The summed E-state index contributed by atoms with van der Waals surface area (Å²) in [5.41, 5.74) is 0. The van der Waals surface area contributed by atoms with E-state index in [9.17, 15) is 9.59 Å². The van der Waals surface area contributed by atoms with Crippen molar-refractivity contribution in [2.75, 3.05) is 6.54 Å². The number of thioether (sulfide) groups is 1. The Morgan fingerprint density at radius 3 is 2.90 bits per heavy atom. The summed E-state index contributed by atoms with van der Waals surface area (Å²) in [6.45, 7) is 0.323. The average molecular weight is 423 g/mol. The zero-order valence-electron chi connectivity index (χ0n) is 10.2. The van der Waals surface area contributed by atoms with Crippen LogP contribution in [0, 0.1) is 3.77 Å². The van der Waals surface area contributed by atoms with Gasteiger partial charge >= 0.3 is 5.97 Å². The molecule has 1 aromatic heterocycles. The molecule has 1 fully saturated rings. The fourth-order valence-electron chi connectivity index (χ4n) is 1.62. The third-order valence-corrected chi connectivity index (χ3v) is 4.47. The van der Waals surface area contributed by atoms with Crippen molar-refractivity contribution in [3.8, 4) is 0 Å². The third-order valence-electron chi connectivity index (χ3n) is 2.51. The Labute approximate surface area is 138 Å². The van der Waals surface area contributed by atoms with E-state index in [0.29, 0.717) is 28.0 Å². The van der Waals surface area contributed by atoms with E-state index in [4.69, 9.17) is 21.7 Å². The molecule has 20 heavy (non-hydrogen) atoms. The summed E-state index contributed by atoms with van der Waals surface area (Å²) in [5, 5.41) is 8.60. The zero-order chi connectivity index (χ0) is 14.7. The van der Waals surface area contributed by atoms with Crippen LogP contribution in [0.25, 0.3) is 6.08 Å². The minimum absolute atomic E-state index is 0.0203. The lowest BCUT2D eigenvalue weighted by molar-refractivity contribution is -0.137. The van der Waals surface area contributed by atoms with Gasteiger partial charge in [0.2, 0.25) is 0 Å². The molecule has 5 nitrogen and oxygen atoms in total. The van der Waals surface area contributed by atoms with Crippen LogP contribution in [-0.4, -0.2) is 32.7 Å². The highest BCUT2D eigenvalue weighted by Gasteiger charge is 2.31. The molecule has 0 unspecified atom stereocenters. The number of rotatable bonds is 5. The van der Waals surface area contributed by atoms with Gasteiger partial charge in [0.1, 0.15) is 10.1 Å². The predicted octanol–water partition coefficient (Wildman–Crippen LogP) is 2.95. The number of hydrogen-bond acceptors (Lipinski definition) is 5. The van der Waals surface area contributed by atoms with Gasteiger partial charge in [-0.1, -0.05) is 24.0 Å². The van der Waals surface area contributed by atoms with Gasteiger partial charge in [0, 0.05) is 19.0 Å². The maximum absolute atomic E-state index is 12.2. The molecule has 1 aromatic rings. The monoisotopic (exact) mass is 423 g/mol. The summed E-state index contributed by atoms with van der Waals surface area (Å²) in [6, 6.07) is 3.58. The van der Waals surface area contributed by atoms with Gasteiger partial charge in [-0.15, -0.1) is 0 Å². The second-order valence-electron chi connectivity index (χ2n) is 3.97. The molecule has 0 bridgehead atoms. The van der Waals surface area contributed by atoms with Gasteiger partial charge in [0.05, 0.1) is 4.91 Å². The highest BCUT2D eigenvalue weighted by atomic mass is 127. The Bertz CT molecular complexity index is 596. The van der Waals surface area contributed by atoms with Gasteiger partial charge in [-0.05, 0) is 41.1 Å². The molecule has 0 aromatic carbocycles. The van der Waals surface area contributed by atoms with Crippen LogP contribution in [0.5, 0.6) is 0 Å². The van der Waals surface area contributed by atoms with Crippen molar-refractivity contribution in [2.45, 2.75) is 12.8 Å². The maximum atomic E-state index is 12.2. The van der Waals surface area contributed by atoms with Crippen molar-refractivity contribution in [1.29, 1.82) is 0 Å².